The third-order valence-corrected chi connectivity index (χ3v) is 14.2. The van der Waals surface area contributed by atoms with Crippen LogP contribution in [0.15, 0.2) is 122 Å². The van der Waals surface area contributed by atoms with Gasteiger partial charge in [0.15, 0.2) is 0 Å². The highest BCUT2D eigenvalue weighted by molar-refractivity contribution is 5.76. The molecule has 2 atom stereocenters. The molecule has 0 bridgehead atoms. The lowest BCUT2D eigenvalue weighted by Gasteiger charge is -2.22. The van der Waals surface area contributed by atoms with Crippen LogP contribution < -0.4 is 5.32 Å². The molecule has 0 aliphatic rings. The Morgan fingerprint density at radius 3 is 0.880 bits per heavy atom. The molecule has 4 nitrogen and oxygen atoms in total. The third kappa shape index (κ3) is 61.5. The number of carbonyl (C=O) groups excluding carboxylic acids is 1. The first-order valence-corrected chi connectivity index (χ1v) is 32.2. The van der Waals surface area contributed by atoms with Crippen LogP contribution in [-0.2, 0) is 4.79 Å². The van der Waals surface area contributed by atoms with Gasteiger partial charge < -0.3 is 15.5 Å². The molecule has 0 fully saturated rings. The van der Waals surface area contributed by atoms with Crippen LogP contribution in [0.5, 0.6) is 0 Å². The fraction of sp³-hybridized carbons (Fsp3) is 0.704. The van der Waals surface area contributed by atoms with E-state index in [0.29, 0.717) is 12.8 Å². The molecule has 0 saturated carbocycles. The molecule has 430 valence electrons. The SMILES string of the molecule is CC/C=C\C/C=C\C/C=C\C/C=C\C/C=C\C/C=C\C/C=C\C/C=C\C/C=C\C/C=C\CCCCCCC(=O)NC(CO)C(O)CCCCCCCCCCCCCCCCCCCCCCCCCCCCCC. The summed E-state index contributed by atoms with van der Waals surface area (Å²) >= 11 is 0. The van der Waals surface area contributed by atoms with E-state index in [0.717, 1.165) is 109 Å². The number of rotatable bonds is 58. The minimum Gasteiger partial charge on any atom is -0.394 e. The highest BCUT2D eigenvalue weighted by atomic mass is 16.3. The minimum absolute atomic E-state index is 0.0571. The number of nitrogens with one attached hydrogen (secondary N) is 1. The lowest BCUT2D eigenvalue weighted by atomic mass is 10.0. The fourth-order valence-electron chi connectivity index (χ4n) is 9.39. The van der Waals surface area contributed by atoms with Crippen molar-refractivity contribution in [3.63, 3.8) is 0 Å². The molecule has 0 saturated heterocycles. The van der Waals surface area contributed by atoms with Gasteiger partial charge in [-0.3, -0.25) is 4.79 Å². The van der Waals surface area contributed by atoms with Crippen molar-refractivity contribution in [1.29, 1.82) is 0 Å². The highest BCUT2D eigenvalue weighted by Crippen LogP contribution is 2.17. The molecule has 0 aromatic carbocycles. The van der Waals surface area contributed by atoms with Crippen LogP contribution in [0.2, 0.25) is 0 Å². The molecular weight excluding hydrogens is 915 g/mol. The van der Waals surface area contributed by atoms with Crippen LogP contribution in [0.25, 0.3) is 0 Å². The first-order chi connectivity index (χ1) is 37.2. The van der Waals surface area contributed by atoms with Crippen LogP contribution in [0.1, 0.15) is 303 Å². The molecule has 3 N–H and O–H groups in total. The van der Waals surface area contributed by atoms with Gasteiger partial charge in [-0.15, -0.1) is 0 Å². The second kappa shape index (κ2) is 65.1. The zero-order valence-electron chi connectivity index (χ0n) is 49.5. The van der Waals surface area contributed by atoms with Crippen molar-refractivity contribution < 1.29 is 15.0 Å². The van der Waals surface area contributed by atoms with Gasteiger partial charge in [0, 0.05) is 6.42 Å². The van der Waals surface area contributed by atoms with Crippen molar-refractivity contribution in [1.82, 2.24) is 5.32 Å². The van der Waals surface area contributed by atoms with Gasteiger partial charge in [0.25, 0.3) is 0 Å². The maximum Gasteiger partial charge on any atom is 0.220 e. The molecule has 4 heteroatoms. The van der Waals surface area contributed by atoms with E-state index in [-0.39, 0.29) is 12.5 Å². The zero-order valence-corrected chi connectivity index (χ0v) is 49.5. The number of carbonyl (C=O) groups is 1. The molecule has 0 rings (SSSR count). The van der Waals surface area contributed by atoms with E-state index in [1.54, 1.807) is 0 Å². The predicted octanol–water partition coefficient (Wildman–Crippen LogP) is 22.0. The summed E-state index contributed by atoms with van der Waals surface area (Å²) in [6, 6.07) is -0.561. The molecule has 0 spiro atoms. The summed E-state index contributed by atoms with van der Waals surface area (Å²) in [5.74, 6) is -0.0571. The Hall–Kier alpha value is -3.21. The van der Waals surface area contributed by atoms with Crippen molar-refractivity contribution in [2.24, 2.45) is 0 Å². The summed E-state index contributed by atoms with van der Waals surface area (Å²) < 4.78 is 0. The Morgan fingerprint density at radius 2 is 0.587 bits per heavy atom. The molecular formula is C71H123NO3. The molecule has 0 aliphatic carbocycles. The zero-order chi connectivity index (χ0) is 54.1. The monoisotopic (exact) mass is 1040 g/mol. The number of hydrogen-bond donors (Lipinski definition) is 3. The van der Waals surface area contributed by atoms with Gasteiger partial charge in [-0.1, -0.05) is 328 Å². The largest absolute Gasteiger partial charge is 0.394 e. The Bertz CT molecular complexity index is 1460. The maximum atomic E-state index is 12.5. The van der Waals surface area contributed by atoms with Gasteiger partial charge in [-0.2, -0.15) is 0 Å². The number of allylic oxidation sites excluding steroid dienone is 20. The molecule has 0 aromatic heterocycles. The van der Waals surface area contributed by atoms with E-state index in [2.05, 4.69) is 141 Å². The molecule has 0 aliphatic heterocycles. The summed E-state index contributed by atoms with van der Waals surface area (Å²) in [5, 5.41) is 23.4. The van der Waals surface area contributed by atoms with Crippen LogP contribution in [0.4, 0.5) is 0 Å². The van der Waals surface area contributed by atoms with Crippen LogP contribution in [0, 0.1) is 0 Å². The smallest absolute Gasteiger partial charge is 0.220 e. The molecule has 75 heavy (non-hydrogen) atoms. The Labute approximate surface area is 467 Å². The molecule has 1 amide bonds. The highest BCUT2D eigenvalue weighted by Gasteiger charge is 2.20. The maximum absolute atomic E-state index is 12.5. The standard InChI is InChI=1S/C71H123NO3/c1-3-5-7-9-11-13-15-17-19-21-23-25-27-29-31-33-34-35-36-37-38-39-41-43-45-47-49-51-53-55-57-59-61-63-65-67-71(75)72-69(68-73)70(74)66-64-62-60-58-56-54-52-50-48-46-44-42-40-32-30-28-26-24-22-20-18-16-14-12-10-8-6-4-2/h5,7,11,13,17,19,23,25,29,31,34-35,37-38,41,43,47,49,53,55,69-70,73-74H,3-4,6,8-10,12,14-16,18,20-22,24,26-28,30,32-33,36,39-40,42,44-46,48,50-52,54,56-68H2,1-2H3,(H,72,75)/b7-5-,13-11-,19-17-,25-23-,31-29-,35-34-,38-37-,43-41-,49-47-,55-53-. The average Bonchev–Trinajstić information content (AvgIpc) is 3.41. The van der Waals surface area contributed by atoms with E-state index in [1.807, 2.05) is 0 Å². The van der Waals surface area contributed by atoms with Crippen LogP contribution >= 0.6 is 0 Å². The summed E-state index contributed by atoms with van der Waals surface area (Å²) in [6.07, 6.45) is 99.3. The number of hydrogen-bond acceptors (Lipinski definition) is 3. The number of amides is 1. The van der Waals surface area contributed by atoms with Crippen molar-refractivity contribution in [2.45, 2.75) is 315 Å². The Morgan fingerprint density at radius 1 is 0.333 bits per heavy atom. The summed E-state index contributed by atoms with van der Waals surface area (Å²) in [5.41, 5.74) is 0. The summed E-state index contributed by atoms with van der Waals surface area (Å²) in [6.45, 7) is 4.25. The van der Waals surface area contributed by atoms with Crippen molar-refractivity contribution >= 4 is 5.91 Å². The normalized spacial score (nSPS) is 13.6. The average molecular weight is 1040 g/mol. The Balaban J connectivity index is 3.59. The molecule has 0 aromatic rings. The van der Waals surface area contributed by atoms with Gasteiger partial charge >= 0.3 is 0 Å². The number of aliphatic hydroxyl groups excluding tert-OH is 2. The fourth-order valence-corrected chi connectivity index (χ4v) is 9.39. The first kappa shape index (κ1) is 71.8. The van der Waals surface area contributed by atoms with E-state index in [9.17, 15) is 15.0 Å². The first-order valence-electron chi connectivity index (χ1n) is 32.2. The van der Waals surface area contributed by atoms with Gasteiger partial charge in [0.1, 0.15) is 0 Å². The summed E-state index contributed by atoms with van der Waals surface area (Å²) in [7, 11) is 0. The van der Waals surface area contributed by atoms with Crippen molar-refractivity contribution in [3.8, 4) is 0 Å². The van der Waals surface area contributed by atoms with Gasteiger partial charge in [-0.05, 0) is 89.9 Å². The second-order valence-corrected chi connectivity index (χ2v) is 21.5. The minimum atomic E-state index is -0.681. The Kier molecular flexibility index (Phi) is 62.3. The second-order valence-electron chi connectivity index (χ2n) is 21.5. The number of aliphatic hydroxyl groups is 2. The van der Waals surface area contributed by atoms with E-state index in [4.69, 9.17) is 0 Å². The van der Waals surface area contributed by atoms with E-state index < -0.39 is 12.1 Å². The van der Waals surface area contributed by atoms with E-state index in [1.165, 1.54) is 167 Å². The van der Waals surface area contributed by atoms with Crippen molar-refractivity contribution in [3.05, 3.63) is 122 Å². The van der Waals surface area contributed by atoms with Crippen LogP contribution in [-0.4, -0.2) is 34.9 Å². The topological polar surface area (TPSA) is 69.6 Å². The van der Waals surface area contributed by atoms with Crippen molar-refractivity contribution in [2.75, 3.05) is 6.61 Å². The lowest BCUT2D eigenvalue weighted by Crippen LogP contribution is -2.45. The van der Waals surface area contributed by atoms with Gasteiger partial charge in [-0.25, -0.2) is 0 Å². The molecule has 0 heterocycles. The van der Waals surface area contributed by atoms with Crippen LogP contribution in [0.3, 0.4) is 0 Å². The molecule has 0 radical (unpaired) electrons. The quantitative estimate of drug-likeness (QED) is 0.0420. The molecule has 2 unspecified atom stereocenters. The third-order valence-electron chi connectivity index (χ3n) is 14.2. The van der Waals surface area contributed by atoms with Gasteiger partial charge in [0.2, 0.25) is 5.91 Å². The number of unbranched alkanes of at least 4 members (excludes halogenated alkanes) is 31. The summed E-state index contributed by atoms with van der Waals surface area (Å²) in [4.78, 5) is 12.5. The lowest BCUT2D eigenvalue weighted by molar-refractivity contribution is -0.123. The predicted molar refractivity (Wildman–Crippen MR) is 336 cm³/mol. The van der Waals surface area contributed by atoms with Gasteiger partial charge in [0.05, 0.1) is 18.8 Å². The van der Waals surface area contributed by atoms with E-state index >= 15 is 0 Å².